The quantitative estimate of drug-likeness (QED) is 0.736. The number of carboxylic acid groups (broad SMARTS) is 1. The summed E-state index contributed by atoms with van der Waals surface area (Å²) in [6.45, 7) is -0.407. The molecule has 1 saturated heterocycles. The standard InChI is InChI=1S/C9H10F3NO3/c10-9(11,12)6(14)13-3-5-1-2-8(5,4-13)7(15)16/h5H,1-4H2,(H,15,16). The van der Waals surface area contributed by atoms with Gasteiger partial charge in [0.2, 0.25) is 0 Å². The first kappa shape index (κ1) is 11.2. The van der Waals surface area contributed by atoms with Crippen molar-refractivity contribution in [2.45, 2.75) is 19.0 Å². The van der Waals surface area contributed by atoms with Gasteiger partial charge < -0.3 is 10.0 Å². The number of halogens is 3. The van der Waals surface area contributed by atoms with Crippen LogP contribution in [0.4, 0.5) is 13.2 Å². The van der Waals surface area contributed by atoms with Crippen LogP contribution in [-0.2, 0) is 9.59 Å². The summed E-state index contributed by atoms with van der Waals surface area (Å²) in [5.41, 5.74) is -1.12. The van der Waals surface area contributed by atoms with E-state index in [-0.39, 0.29) is 19.0 Å². The number of aliphatic carboxylic acids is 1. The number of carbonyl (C=O) groups excluding carboxylic acids is 1. The third-order valence-corrected chi connectivity index (χ3v) is 3.59. The van der Waals surface area contributed by atoms with Crippen molar-refractivity contribution in [3.05, 3.63) is 0 Å². The summed E-state index contributed by atoms with van der Waals surface area (Å²) in [5.74, 6) is -3.35. The van der Waals surface area contributed by atoms with Crippen molar-refractivity contribution in [3.8, 4) is 0 Å². The van der Waals surface area contributed by atoms with Crippen molar-refractivity contribution in [2.75, 3.05) is 13.1 Å². The number of carbonyl (C=O) groups is 2. The van der Waals surface area contributed by atoms with E-state index in [1.165, 1.54) is 0 Å². The number of fused-ring (bicyclic) bond motifs is 1. The topological polar surface area (TPSA) is 57.6 Å². The van der Waals surface area contributed by atoms with Crippen LogP contribution in [0.2, 0.25) is 0 Å². The minimum absolute atomic E-state index is 0.0926. The van der Waals surface area contributed by atoms with Gasteiger partial charge in [0, 0.05) is 13.1 Å². The molecular weight excluding hydrogens is 227 g/mol. The Morgan fingerprint density at radius 2 is 2.00 bits per heavy atom. The van der Waals surface area contributed by atoms with Crippen LogP contribution in [0.5, 0.6) is 0 Å². The van der Waals surface area contributed by atoms with Crippen molar-refractivity contribution in [1.82, 2.24) is 4.90 Å². The Kier molecular flexibility index (Phi) is 2.18. The molecule has 1 saturated carbocycles. The molecule has 2 atom stereocenters. The summed E-state index contributed by atoms with van der Waals surface area (Å²) >= 11 is 0. The molecule has 0 aromatic rings. The molecule has 2 unspecified atom stereocenters. The lowest BCUT2D eigenvalue weighted by molar-refractivity contribution is -0.185. The molecule has 1 amide bonds. The zero-order valence-corrected chi connectivity index (χ0v) is 8.25. The fourth-order valence-electron chi connectivity index (χ4n) is 2.53. The number of likely N-dealkylation sites (tertiary alicyclic amines) is 1. The van der Waals surface area contributed by atoms with Gasteiger partial charge in [-0.25, -0.2) is 0 Å². The summed E-state index contributed by atoms with van der Waals surface area (Å²) in [6, 6.07) is 0. The third-order valence-electron chi connectivity index (χ3n) is 3.59. The van der Waals surface area contributed by atoms with E-state index < -0.39 is 23.5 Å². The summed E-state index contributed by atoms with van der Waals surface area (Å²) in [6.07, 6.45) is -3.98. The lowest BCUT2D eigenvalue weighted by Gasteiger charge is -2.39. The van der Waals surface area contributed by atoms with Crippen LogP contribution in [0.15, 0.2) is 0 Å². The Morgan fingerprint density at radius 3 is 2.31 bits per heavy atom. The normalized spacial score (nSPS) is 33.2. The number of alkyl halides is 3. The van der Waals surface area contributed by atoms with E-state index in [4.69, 9.17) is 5.11 Å². The average molecular weight is 237 g/mol. The third kappa shape index (κ3) is 1.37. The fourth-order valence-corrected chi connectivity index (χ4v) is 2.53. The van der Waals surface area contributed by atoms with Crippen LogP contribution < -0.4 is 0 Å². The Bertz CT molecular complexity index is 354. The van der Waals surface area contributed by atoms with Gasteiger partial charge in [0.25, 0.3) is 0 Å². The molecule has 0 bridgehead atoms. The Hall–Kier alpha value is -1.27. The van der Waals surface area contributed by atoms with E-state index >= 15 is 0 Å². The van der Waals surface area contributed by atoms with Crippen molar-refractivity contribution < 1.29 is 27.9 Å². The molecule has 0 spiro atoms. The van der Waals surface area contributed by atoms with Gasteiger partial charge in [-0.1, -0.05) is 0 Å². The maximum atomic E-state index is 12.2. The molecule has 1 aliphatic heterocycles. The molecule has 0 radical (unpaired) electrons. The SMILES string of the molecule is O=C(N1CC2CCC2(C(=O)O)C1)C(F)(F)F. The largest absolute Gasteiger partial charge is 0.481 e. The highest BCUT2D eigenvalue weighted by atomic mass is 19.4. The van der Waals surface area contributed by atoms with E-state index in [2.05, 4.69) is 0 Å². The Morgan fingerprint density at radius 1 is 1.38 bits per heavy atom. The van der Waals surface area contributed by atoms with Gasteiger partial charge in [-0.15, -0.1) is 0 Å². The average Bonchev–Trinajstić information content (AvgIpc) is 2.37. The van der Waals surface area contributed by atoms with Crippen LogP contribution in [-0.4, -0.2) is 41.1 Å². The van der Waals surface area contributed by atoms with Crippen molar-refractivity contribution in [2.24, 2.45) is 11.3 Å². The van der Waals surface area contributed by atoms with Crippen LogP contribution in [0.25, 0.3) is 0 Å². The molecule has 0 aromatic heterocycles. The molecule has 90 valence electrons. The highest BCUT2D eigenvalue weighted by Gasteiger charge is 2.61. The lowest BCUT2D eigenvalue weighted by atomic mass is 9.62. The van der Waals surface area contributed by atoms with E-state index in [0.717, 1.165) is 0 Å². The van der Waals surface area contributed by atoms with Crippen LogP contribution in [0.3, 0.4) is 0 Å². The summed E-state index contributed by atoms with van der Waals surface area (Å²) in [4.78, 5) is 22.6. The van der Waals surface area contributed by atoms with Gasteiger partial charge in [0.05, 0.1) is 5.41 Å². The first-order valence-corrected chi connectivity index (χ1v) is 4.87. The molecule has 1 aliphatic carbocycles. The zero-order chi connectivity index (χ0) is 12.1. The summed E-state index contributed by atoms with van der Waals surface area (Å²) < 4.78 is 36.5. The van der Waals surface area contributed by atoms with Crippen molar-refractivity contribution in [1.29, 1.82) is 0 Å². The van der Waals surface area contributed by atoms with Gasteiger partial charge >= 0.3 is 18.1 Å². The Labute approximate surface area is 89.0 Å². The molecule has 1 N–H and O–H groups in total. The molecule has 16 heavy (non-hydrogen) atoms. The number of amides is 1. The van der Waals surface area contributed by atoms with Gasteiger partial charge in [-0.3, -0.25) is 9.59 Å². The van der Waals surface area contributed by atoms with E-state index in [1.807, 2.05) is 0 Å². The highest BCUT2D eigenvalue weighted by molar-refractivity contribution is 5.85. The highest BCUT2D eigenvalue weighted by Crippen LogP contribution is 2.52. The first-order valence-electron chi connectivity index (χ1n) is 4.87. The van der Waals surface area contributed by atoms with Crippen molar-refractivity contribution in [3.63, 3.8) is 0 Å². The number of hydrogen-bond acceptors (Lipinski definition) is 2. The number of rotatable bonds is 1. The first-order chi connectivity index (χ1) is 7.27. The maximum absolute atomic E-state index is 12.2. The minimum Gasteiger partial charge on any atom is -0.481 e. The summed E-state index contributed by atoms with van der Waals surface area (Å²) in [5, 5.41) is 8.98. The molecule has 7 heteroatoms. The summed E-state index contributed by atoms with van der Waals surface area (Å²) in [7, 11) is 0. The smallest absolute Gasteiger partial charge is 0.471 e. The number of nitrogens with zero attached hydrogens (tertiary/aromatic N) is 1. The molecule has 2 aliphatic rings. The second-order valence-corrected chi connectivity index (χ2v) is 4.38. The molecule has 0 aromatic carbocycles. The molecule has 1 heterocycles. The predicted octanol–water partition coefficient (Wildman–Crippen LogP) is 0.872. The van der Waals surface area contributed by atoms with Crippen LogP contribution >= 0.6 is 0 Å². The predicted molar refractivity (Wildman–Crippen MR) is 45.4 cm³/mol. The maximum Gasteiger partial charge on any atom is 0.471 e. The van der Waals surface area contributed by atoms with Gasteiger partial charge in [0.1, 0.15) is 0 Å². The zero-order valence-electron chi connectivity index (χ0n) is 8.25. The minimum atomic E-state index is -4.91. The van der Waals surface area contributed by atoms with E-state index in [0.29, 0.717) is 17.7 Å². The molecule has 2 fully saturated rings. The van der Waals surface area contributed by atoms with Crippen LogP contribution in [0.1, 0.15) is 12.8 Å². The monoisotopic (exact) mass is 237 g/mol. The Balaban J connectivity index is 2.14. The van der Waals surface area contributed by atoms with Gasteiger partial charge in [-0.05, 0) is 18.8 Å². The van der Waals surface area contributed by atoms with E-state index in [1.54, 1.807) is 0 Å². The van der Waals surface area contributed by atoms with E-state index in [9.17, 15) is 22.8 Å². The molecular formula is C9H10F3NO3. The van der Waals surface area contributed by atoms with Gasteiger partial charge in [-0.2, -0.15) is 13.2 Å². The molecule has 4 nitrogen and oxygen atoms in total. The van der Waals surface area contributed by atoms with Gasteiger partial charge in [0.15, 0.2) is 0 Å². The fraction of sp³-hybridized carbons (Fsp3) is 0.778. The lowest BCUT2D eigenvalue weighted by Crippen LogP contribution is -2.47. The molecule has 2 rings (SSSR count). The van der Waals surface area contributed by atoms with Crippen molar-refractivity contribution >= 4 is 11.9 Å². The second-order valence-electron chi connectivity index (χ2n) is 4.38. The number of hydrogen-bond donors (Lipinski definition) is 1. The van der Waals surface area contributed by atoms with Crippen LogP contribution in [0, 0.1) is 11.3 Å². The number of carboxylic acids is 1. The second kappa shape index (κ2) is 3.11.